The number of rotatable bonds is 7. The molecule has 0 spiro atoms. The second-order valence-electron chi connectivity index (χ2n) is 11.4. The van der Waals surface area contributed by atoms with E-state index in [2.05, 4.69) is 6.58 Å². The molecule has 0 aromatic heterocycles. The van der Waals surface area contributed by atoms with E-state index in [1.54, 1.807) is 18.9 Å². The van der Waals surface area contributed by atoms with E-state index in [-0.39, 0.29) is 39.8 Å². The number of carboxylic acid groups (broad SMARTS) is 1. The smallest absolute Gasteiger partial charge is 0.477 e. The quantitative estimate of drug-likeness (QED) is 0.275. The highest BCUT2D eigenvalue weighted by Gasteiger charge is 2.62. The van der Waals surface area contributed by atoms with Crippen LogP contribution < -0.4 is 0 Å². The second-order valence-corrected chi connectivity index (χ2v) is 12.8. The minimum Gasteiger partial charge on any atom is -0.477 e. The van der Waals surface area contributed by atoms with Gasteiger partial charge in [0.05, 0.1) is 57.5 Å². The van der Waals surface area contributed by atoms with Crippen molar-refractivity contribution in [1.29, 1.82) is 0 Å². The van der Waals surface area contributed by atoms with Crippen molar-refractivity contribution in [3.05, 3.63) is 23.3 Å². The Kier molecular flexibility index (Phi) is 7.25. The number of likely N-dealkylation sites (tertiary alicyclic amines) is 1. The summed E-state index contributed by atoms with van der Waals surface area (Å²) in [5.74, 6) is -2.49. The number of likely N-dealkylation sites (N-methyl/N-ethyl adjacent to an activating group) is 1. The molecule has 0 radical (unpaired) electrons. The summed E-state index contributed by atoms with van der Waals surface area (Å²) in [5, 5.41) is 19.9. The van der Waals surface area contributed by atoms with Gasteiger partial charge in [-0.25, -0.2) is 9.28 Å². The number of hydrogen-bond acceptors (Lipinski definition) is 7. The molecule has 3 fully saturated rings. The highest BCUT2D eigenvalue weighted by molar-refractivity contribution is 8.03. The lowest BCUT2D eigenvalue weighted by molar-refractivity contribution is -0.892. The van der Waals surface area contributed by atoms with Crippen LogP contribution >= 0.6 is 11.8 Å². The molecule has 0 aromatic carbocycles. The number of ether oxygens (including phenoxy) is 1. The van der Waals surface area contributed by atoms with Crippen LogP contribution in [0, 0.1) is 11.8 Å². The lowest BCUT2D eigenvalue weighted by atomic mass is 9.79. The molecular formula is C25H38N4O7S+2. The van der Waals surface area contributed by atoms with Crippen LogP contribution in [0.1, 0.15) is 20.3 Å². The van der Waals surface area contributed by atoms with Crippen molar-refractivity contribution in [2.75, 3.05) is 53.9 Å². The molecule has 204 valence electrons. The van der Waals surface area contributed by atoms with Crippen LogP contribution in [0.25, 0.3) is 0 Å². The summed E-state index contributed by atoms with van der Waals surface area (Å²) in [6, 6.07) is -0.402. The maximum absolute atomic E-state index is 13.3. The van der Waals surface area contributed by atoms with Gasteiger partial charge in [-0.2, -0.15) is 4.79 Å². The highest BCUT2D eigenvalue weighted by Crippen LogP contribution is 2.52. The number of carboxylic acids is 1. The first-order valence-electron chi connectivity index (χ1n) is 12.6. The standard InChI is InChI=1S/C25H37N4O7S/c1-7-10-36-25(35)29(6)12-16(11-17(29)26-8-9-28(4,5)13-18(26)31)37-22-14(2)20-19(15(3)30)23(32)27(20)21(22)24(33)34/h7,14-17,19-20,30H,1,8-13H2,2-6H3/q+1/p+1/t14-,15-,16+,17+,19-,20-,29?/m1/s1. The first kappa shape index (κ1) is 27.6. The van der Waals surface area contributed by atoms with E-state index in [1.165, 1.54) is 22.7 Å². The summed E-state index contributed by atoms with van der Waals surface area (Å²) < 4.78 is 5.90. The monoisotopic (exact) mass is 538 g/mol. The van der Waals surface area contributed by atoms with Crippen molar-refractivity contribution >= 4 is 35.6 Å². The number of amides is 3. The van der Waals surface area contributed by atoms with Crippen LogP contribution in [-0.4, -0.2) is 130 Å². The van der Waals surface area contributed by atoms with Crippen molar-refractivity contribution in [1.82, 2.24) is 9.80 Å². The van der Waals surface area contributed by atoms with E-state index < -0.39 is 36.3 Å². The van der Waals surface area contributed by atoms with Crippen LogP contribution in [0.5, 0.6) is 0 Å². The fourth-order valence-electron chi connectivity index (χ4n) is 6.29. The molecule has 37 heavy (non-hydrogen) atoms. The Balaban J connectivity index is 1.62. The predicted molar refractivity (Wildman–Crippen MR) is 136 cm³/mol. The zero-order chi connectivity index (χ0) is 27.4. The number of quaternary nitrogens is 2. The summed E-state index contributed by atoms with van der Waals surface area (Å²) in [6.07, 6.45) is 0.193. The molecule has 7 atom stereocenters. The van der Waals surface area contributed by atoms with Crippen molar-refractivity contribution in [2.24, 2.45) is 11.8 Å². The normalized spacial score (nSPS) is 35.8. The Bertz CT molecular complexity index is 1060. The predicted octanol–water partition coefficient (Wildman–Crippen LogP) is 0.660. The molecule has 1 unspecified atom stereocenters. The molecule has 0 bridgehead atoms. The minimum atomic E-state index is -1.18. The summed E-state index contributed by atoms with van der Waals surface area (Å²) >= 11 is 1.37. The van der Waals surface area contributed by atoms with E-state index in [9.17, 15) is 29.4 Å². The number of thioether (sulfide) groups is 1. The summed E-state index contributed by atoms with van der Waals surface area (Å²) in [6.45, 7) is 9.04. The zero-order valence-corrected chi connectivity index (χ0v) is 22.9. The molecule has 3 amide bonds. The maximum Gasteiger partial charge on any atom is 0.517 e. The number of carbonyl (C=O) groups is 4. The molecule has 4 heterocycles. The SMILES string of the molecule is C=CCOC(=O)[N+]1(C)C[C@@H](SC2=C(C(=O)O)N3C(=O)[C@H]([C@@H](C)O)[C@H]3[C@H]2C)C[C@H]1N1CC[N+](C)(C)CC1=O. The number of fused-ring (bicyclic) bond motifs is 1. The molecule has 4 rings (SSSR count). The topological polar surface area (TPSA) is 124 Å². The van der Waals surface area contributed by atoms with Crippen LogP contribution in [0.15, 0.2) is 23.3 Å². The molecule has 0 aromatic rings. The van der Waals surface area contributed by atoms with E-state index in [4.69, 9.17) is 4.74 Å². The maximum atomic E-state index is 13.3. The van der Waals surface area contributed by atoms with Crippen LogP contribution in [0.2, 0.25) is 0 Å². The number of aliphatic hydroxyl groups is 1. The summed E-state index contributed by atoms with van der Waals surface area (Å²) in [4.78, 5) is 55.1. The lowest BCUT2D eigenvalue weighted by Crippen LogP contribution is -2.66. The average Bonchev–Trinajstić information content (AvgIpc) is 3.24. The van der Waals surface area contributed by atoms with Gasteiger partial charge < -0.3 is 24.3 Å². The largest absolute Gasteiger partial charge is 0.517 e. The van der Waals surface area contributed by atoms with Crippen molar-refractivity contribution < 1.29 is 43.1 Å². The molecule has 0 saturated carbocycles. The van der Waals surface area contributed by atoms with E-state index >= 15 is 0 Å². The van der Waals surface area contributed by atoms with Gasteiger partial charge in [0, 0.05) is 17.2 Å². The van der Waals surface area contributed by atoms with Gasteiger partial charge in [0.25, 0.3) is 5.91 Å². The average molecular weight is 539 g/mol. The zero-order valence-electron chi connectivity index (χ0n) is 22.1. The fraction of sp³-hybridized carbons (Fsp3) is 0.680. The first-order valence-corrected chi connectivity index (χ1v) is 13.5. The first-order chi connectivity index (χ1) is 17.2. The van der Waals surface area contributed by atoms with E-state index in [0.717, 1.165) is 6.54 Å². The number of aliphatic hydroxyl groups excluding tert-OH is 1. The number of nitrogens with zero attached hydrogens (tertiary/aromatic N) is 4. The van der Waals surface area contributed by atoms with Gasteiger partial charge in [-0.3, -0.25) is 14.5 Å². The number of hydrogen-bond donors (Lipinski definition) is 2. The van der Waals surface area contributed by atoms with Crippen LogP contribution in [-0.2, 0) is 19.1 Å². The van der Waals surface area contributed by atoms with Crippen LogP contribution in [0.4, 0.5) is 4.79 Å². The lowest BCUT2D eigenvalue weighted by Gasteiger charge is -2.46. The number of piperazine rings is 1. The molecule has 12 heteroatoms. The number of carbonyl (C=O) groups excluding carboxylic acids is 3. The Morgan fingerprint density at radius 3 is 2.54 bits per heavy atom. The Labute approximate surface area is 221 Å². The molecule has 4 aliphatic rings. The Morgan fingerprint density at radius 1 is 1.30 bits per heavy atom. The van der Waals surface area contributed by atoms with Gasteiger partial charge in [0.1, 0.15) is 18.8 Å². The second kappa shape index (κ2) is 9.72. The number of β-lactam (4-membered cyclic amide) rings is 1. The Morgan fingerprint density at radius 2 is 1.97 bits per heavy atom. The third-order valence-electron chi connectivity index (χ3n) is 8.25. The molecule has 3 saturated heterocycles. The van der Waals surface area contributed by atoms with Crippen LogP contribution in [0.3, 0.4) is 0 Å². The third kappa shape index (κ3) is 4.58. The van der Waals surface area contributed by atoms with E-state index in [1.807, 2.05) is 21.0 Å². The molecular weight excluding hydrogens is 500 g/mol. The highest BCUT2D eigenvalue weighted by atomic mass is 32.2. The fourth-order valence-corrected chi connectivity index (χ4v) is 7.96. The van der Waals surface area contributed by atoms with Gasteiger partial charge in [-0.15, -0.1) is 11.8 Å². The van der Waals surface area contributed by atoms with Crippen molar-refractivity contribution in [3.63, 3.8) is 0 Å². The van der Waals surface area contributed by atoms with Gasteiger partial charge >= 0.3 is 12.1 Å². The van der Waals surface area contributed by atoms with Gasteiger partial charge in [0.15, 0.2) is 12.7 Å². The van der Waals surface area contributed by atoms with E-state index in [0.29, 0.717) is 35.4 Å². The van der Waals surface area contributed by atoms with Crippen molar-refractivity contribution in [3.8, 4) is 0 Å². The molecule has 2 N–H and O–H groups in total. The summed E-state index contributed by atoms with van der Waals surface area (Å²) in [7, 11) is 5.77. The Hall–Kier alpha value is -2.41. The molecule has 0 aliphatic carbocycles. The molecule has 4 aliphatic heterocycles. The number of aliphatic carboxylic acids is 1. The van der Waals surface area contributed by atoms with Gasteiger partial charge in [0.2, 0.25) is 5.91 Å². The van der Waals surface area contributed by atoms with Gasteiger partial charge in [-0.1, -0.05) is 19.6 Å². The molecule has 11 nitrogen and oxygen atoms in total. The van der Waals surface area contributed by atoms with Crippen molar-refractivity contribution in [2.45, 2.75) is 43.8 Å². The minimum absolute atomic E-state index is 0.0260. The summed E-state index contributed by atoms with van der Waals surface area (Å²) in [5.41, 5.74) is -0.0376. The van der Waals surface area contributed by atoms with Gasteiger partial charge in [-0.05, 0) is 6.92 Å². The third-order valence-corrected chi connectivity index (χ3v) is 9.74.